The third kappa shape index (κ3) is 3.73. The molecule has 158 valence electrons. The monoisotopic (exact) mass is 417 g/mol. The molecule has 5 rings (SSSR count). The van der Waals surface area contributed by atoms with Crippen molar-refractivity contribution in [1.29, 1.82) is 0 Å². The molecule has 0 bridgehead atoms. The third-order valence-corrected chi connectivity index (χ3v) is 6.45. The Morgan fingerprint density at radius 3 is 2.09 bits per heavy atom. The Morgan fingerprint density at radius 2 is 1.44 bits per heavy atom. The Morgan fingerprint density at radius 1 is 0.844 bits per heavy atom. The van der Waals surface area contributed by atoms with Crippen molar-refractivity contribution in [1.82, 2.24) is 5.32 Å². The zero-order valence-electron chi connectivity index (χ0n) is 18.5. The molecule has 2 aliphatic rings. The third-order valence-electron chi connectivity index (χ3n) is 6.45. The van der Waals surface area contributed by atoms with Crippen LogP contribution in [-0.2, 0) is 4.79 Å². The lowest BCUT2D eigenvalue weighted by Gasteiger charge is -2.40. The number of rotatable bonds is 3. The number of Topliss-reactive ketones (excluding diaryl/α,β-unsaturated/α-hetero) is 1. The van der Waals surface area contributed by atoms with Crippen LogP contribution in [0.5, 0.6) is 0 Å². The molecule has 3 aromatic rings. The first-order valence-electron chi connectivity index (χ1n) is 11.2. The lowest BCUT2D eigenvalue weighted by molar-refractivity contribution is -0.113. The first-order chi connectivity index (χ1) is 15.5. The molecular formula is C30H27NO. The number of allylic oxidation sites excluding steroid dienone is 4. The molecule has 0 radical (unpaired) electrons. The maximum atomic E-state index is 14.0. The number of dihydropyridines is 1. The van der Waals surface area contributed by atoms with Crippen LogP contribution in [0.1, 0.15) is 42.9 Å². The highest BCUT2D eigenvalue weighted by Gasteiger charge is 2.42. The Balaban J connectivity index is 1.64. The molecule has 3 aromatic carbocycles. The van der Waals surface area contributed by atoms with Gasteiger partial charge in [0, 0.05) is 28.5 Å². The standard InChI is InChI=1S/C30H27NO/c1-30(2)20-27-28(29(32)25(30)18-21-12-6-3-7-13-21)24(22-14-8-4-9-15-22)19-26(31-27)23-16-10-5-11-17-23/h3-19,24,31H,20H2,1-2H3/b25-18+. The van der Waals surface area contributed by atoms with Crippen molar-refractivity contribution in [2.45, 2.75) is 26.2 Å². The molecule has 0 spiro atoms. The summed E-state index contributed by atoms with van der Waals surface area (Å²) in [6.07, 6.45) is 5.07. The molecule has 1 unspecified atom stereocenters. The molecule has 1 heterocycles. The van der Waals surface area contributed by atoms with Crippen molar-refractivity contribution in [3.8, 4) is 0 Å². The number of ketones is 1. The van der Waals surface area contributed by atoms with Crippen LogP contribution in [0.15, 0.2) is 114 Å². The van der Waals surface area contributed by atoms with Crippen molar-refractivity contribution >= 4 is 17.6 Å². The Hall–Kier alpha value is -3.65. The normalized spacial score (nSPS) is 21.1. The minimum atomic E-state index is -0.265. The van der Waals surface area contributed by atoms with Crippen molar-refractivity contribution in [3.63, 3.8) is 0 Å². The van der Waals surface area contributed by atoms with Crippen molar-refractivity contribution < 1.29 is 4.79 Å². The van der Waals surface area contributed by atoms with Crippen LogP contribution in [0.25, 0.3) is 11.8 Å². The van der Waals surface area contributed by atoms with Gasteiger partial charge in [-0.25, -0.2) is 0 Å². The molecule has 2 nitrogen and oxygen atoms in total. The van der Waals surface area contributed by atoms with Crippen molar-refractivity contribution in [2.75, 3.05) is 0 Å². The number of benzene rings is 3. The van der Waals surface area contributed by atoms with Crippen LogP contribution < -0.4 is 5.32 Å². The van der Waals surface area contributed by atoms with E-state index >= 15 is 0 Å². The SMILES string of the molecule is CC1(C)CC2=C(C(=O)/C1=C\c1ccccc1)C(c1ccccc1)C=C(c1ccccc1)N2. The molecule has 0 fully saturated rings. The van der Waals surface area contributed by atoms with E-state index in [1.54, 1.807) is 0 Å². The van der Waals surface area contributed by atoms with E-state index in [-0.39, 0.29) is 17.1 Å². The molecule has 0 saturated carbocycles. The molecule has 32 heavy (non-hydrogen) atoms. The summed E-state index contributed by atoms with van der Waals surface area (Å²) in [6.45, 7) is 4.34. The molecule has 2 heteroatoms. The summed E-state index contributed by atoms with van der Waals surface area (Å²) in [6, 6.07) is 30.9. The van der Waals surface area contributed by atoms with Crippen molar-refractivity contribution in [3.05, 3.63) is 131 Å². The second-order valence-corrected chi connectivity index (χ2v) is 9.21. The molecular weight excluding hydrogens is 390 g/mol. The minimum Gasteiger partial charge on any atom is -0.358 e. The summed E-state index contributed by atoms with van der Waals surface area (Å²) in [4.78, 5) is 14.0. The summed E-state index contributed by atoms with van der Waals surface area (Å²) < 4.78 is 0. The number of nitrogens with one attached hydrogen (secondary N) is 1. The molecule has 0 aromatic heterocycles. The fourth-order valence-electron chi connectivity index (χ4n) is 4.80. The quantitative estimate of drug-likeness (QED) is 0.478. The van der Waals surface area contributed by atoms with Gasteiger partial charge in [0.15, 0.2) is 5.78 Å². The van der Waals surface area contributed by atoms with Crippen molar-refractivity contribution in [2.24, 2.45) is 5.41 Å². The van der Waals surface area contributed by atoms with Gasteiger partial charge in [-0.3, -0.25) is 4.79 Å². The minimum absolute atomic E-state index is 0.0783. The van der Waals surface area contributed by atoms with Crippen LogP contribution in [0.2, 0.25) is 0 Å². The van der Waals surface area contributed by atoms with E-state index in [9.17, 15) is 4.79 Å². The van der Waals surface area contributed by atoms with Gasteiger partial charge in [0.1, 0.15) is 0 Å². The summed E-state index contributed by atoms with van der Waals surface area (Å²) in [7, 11) is 0. The molecule has 1 N–H and O–H groups in total. The van der Waals surface area contributed by atoms with E-state index in [1.807, 2.05) is 42.5 Å². The van der Waals surface area contributed by atoms with Gasteiger partial charge in [0.2, 0.25) is 0 Å². The highest BCUT2D eigenvalue weighted by Crippen LogP contribution is 2.47. The van der Waals surface area contributed by atoms with Gasteiger partial charge in [-0.15, -0.1) is 0 Å². The second-order valence-electron chi connectivity index (χ2n) is 9.21. The second kappa shape index (κ2) is 8.12. The van der Waals surface area contributed by atoms with Gasteiger partial charge >= 0.3 is 0 Å². The molecule has 1 aliphatic carbocycles. The average molecular weight is 418 g/mol. The largest absolute Gasteiger partial charge is 0.358 e. The van der Waals surface area contributed by atoms with E-state index in [2.05, 4.69) is 79.8 Å². The highest BCUT2D eigenvalue weighted by molar-refractivity contribution is 6.15. The van der Waals surface area contributed by atoms with Gasteiger partial charge in [0.05, 0.1) is 0 Å². The van der Waals surface area contributed by atoms with Crippen LogP contribution in [0.4, 0.5) is 0 Å². The number of hydrogen-bond acceptors (Lipinski definition) is 2. The van der Waals surface area contributed by atoms with E-state index in [4.69, 9.17) is 0 Å². The lowest BCUT2D eigenvalue weighted by atomic mass is 9.67. The van der Waals surface area contributed by atoms with E-state index in [0.717, 1.165) is 45.7 Å². The highest BCUT2D eigenvalue weighted by atomic mass is 16.1. The topological polar surface area (TPSA) is 29.1 Å². The predicted octanol–water partition coefficient (Wildman–Crippen LogP) is 6.75. The number of carbonyl (C=O) groups excluding carboxylic acids is 1. The van der Waals surface area contributed by atoms with Crippen LogP contribution >= 0.6 is 0 Å². The zero-order chi connectivity index (χ0) is 22.1. The molecule has 1 aliphatic heterocycles. The lowest BCUT2D eigenvalue weighted by Crippen LogP contribution is -2.37. The van der Waals surface area contributed by atoms with Gasteiger partial charge in [-0.1, -0.05) is 105 Å². The van der Waals surface area contributed by atoms with Gasteiger partial charge in [0.25, 0.3) is 0 Å². The summed E-state index contributed by atoms with van der Waals surface area (Å²) in [5.41, 5.74) is 6.93. The van der Waals surface area contributed by atoms with Gasteiger partial charge in [-0.2, -0.15) is 0 Å². The van der Waals surface area contributed by atoms with Gasteiger partial charge in [-0.05, 0) is 40.7 Å². The fourth-order valence-corrected chi connectivity index (χ4v) is 4.80. The first-order valence-corrected chi connectivity index (χ1v) is 11.2. The first kappa shape index (κ1) is 20.3. The van der Waals surface area contributed by atoms with Crippen LogP contribution in [0.3, 0.4) is 0 Å². The molecule has 0 saturated heterocycles. The molecule has 1 atom stereocenters. The smallest absolute Gasteiger partial charge is 0.188 e. The predicted molar refractivity (Wildman–Crippen MR) is 132 cm³/mol. The zero-order valence-corrected chi connectivity index (χ0v) is 18.5. The summed E-state index contributed by atoms with van der Waals surface area (Å²) in [5.74, 6) is 0.0650. The summed E-state index contributed by atoms with van der Waals surface area (Å²) >= 11 is 0. The Kier molecular flexibility index (Phi) is 5.14. The fraction of sp³-hybridized carbons (Fsp3) is 0.167. The maximum Gasteiger partial charge on any atom is 0.188 e. The van der Waals surface area contributed by atoms with Crippen LogP contribution in [-0.4, -0.2) is 5.78 Å². The number of hydrogen-bond donors (Lipinski definition) is 1. The van der Waals surface area contributed by atoms with Gasteiger partial charge < -0.3 is 5.32 Å². The Bertz CT molecular complexity index is 1230. The van der Waals surface area contributed by atoms with Crippen LogP contribution in [0, 0.1) is 5.41 Å². The summed E-state index contributed by atoms with van der Waals surface area (Å²) in [5, 5.41) is 3.63. The Labute approximate surface area is 190 Å². The average Bonchev–Trinajstić information content (AvgIpc) is 2.82. The molecule has 0 amide bonds. The van der Waals surface area contributed by atoms with E-state index in [0.29, 0.717) is 0 Å². The maximum absolute atomic E-state index is 14.0. The number of carbonyl (C=O) groups is 1. The van der Waals surface area contributed by atoms with E-state index < -0.39 is 0 Å². The van der Waals surface area contributed by atoms with E-state index in [1.165, 1.54) is 0 Å².